The summed E-state index contributed by atoms with van der Waals surface area (Å²) in [5.41, 5.74) is 9.40. The van der Waals surface area contributed by atoms with E-state index in [2.05, 4.69) is 36.3 Å². The average molecular weight is 620 g/mol. The van der Waals surface area contributed by atoms with Crippen molar-refractivity contribution in [3.8, 4) is 0 Å². The van der Waals surface area contributed by atoms with Crippen molar-refractivity contribution in [1.29, 1.82) is 0 Å². The monoisotopic (exact) mass is 619 g/mol. The summed E-state index contributed by atoms with van der Waals surface area (Å²) in [6, 6.07) is 24.2. The molecule has 0 aliphatic carbocycles. The van der Waals surface area contributed by atoms with Crippen LogP contribution in [0.5, 0.6) is 0 Å². The summed E-state index contributed by atoms with van der Waals surface area (Å²) in [5, 5.41) is 12.0. The first-order valence-electron chi connectivity index (χ1n) is 13.5. The molecule has 1 aromatic heterocycles. The van der Waals surface area contributed by atoms with Crippen molar-refractivity contribution in [2.45, 2.75) is 37.5 Å². The van der Waals surface area contributed by atoms with E-state index in [9.17, 15) is 16.8 Å². The van der Waals surface area contributed by atoms with E-state index < -0.39 is 19.7 Å². The lowest BCUT2D eigenvalue weighted by atomic mass is 10.1. The van der Waals surface area contributed by atoms with Crippen LogP contribution in [0.15, 0.2) is 105 Å². The van der Waals surface area contributed by atoms with Crippen LogP contribution in [0.4, 0.5) is 23.3 Å². The summed E-state index contributed by atoms with van der Waals surface area (Å²) in [4.78, 5) is 9.55. The van der Waals surface area contributed by atoms with Gasteiger partial charge in [-0.2, -0.15) is 20.2 Å². The number of benzene rings is 3. The van der Waals surface area contributed by atoms with Gasteiger partial charge in [-0.05, 0) is 61.4 Å². The van der Waals surface area contributed by atoms with Gasteiger partial charge in [0.2, 0.25) is 5.95 Å². The number of para-hydroxylation sites is 1. The summed E-state index contributed by atoms with van der Waals surface area (Å²) in [5.74, 6) is 1.11. The molecule has 0 aliphatic rings. The van der Waals surface area contributed by atoms with E-state index in [1.165, 1.54) is 0 Å². The van der Waals surface area contributed by atoms with Crippen LogP contribution in [0, 0.1) is 0 Å². The van der Waals surface area contributed by atoms with Gasteiger partial charge in [0.05, 0.1) is 32.7 Å². The maximum Gasteiger partial charge on any atom is 0.231 e. The topological polar surface area (TPSA) is 155 Å². The molecule has 0 saturated heterocycles. The van der Waals surface area contributed by atoms with Gasteiger partial charge in [0, 0.05) is 11.8 Å². The lowest BCUT2D eigenvalue weighted by Gasteiger charge is -2.10. The minimum absolute atomic E-state index is 0.0313. The molecule has 4 rings (SSSR count). The molecular formula is C30H33N7O4S2. The highest BCUT2D eigenvalue weighted by molar-refractivity contribution is 7.91. The number of hydrogen-bond donors (Lipinski definition) is 3. The highest BCUT2D eigenvalue weighted by Crippen LogP contribution is 2.20. The molecule has 0 fully saturated rings. The third-order valence-corrected chi connectivity index (χ3v) is 9.96. The predicted molar refractivity (Wildman–Crippen MR) is 172 cm³/mol. The van der Waals surface area contributed by atoms with Crippen LogP contribution in [-0.2, 0) is 19.7 Å². The van der Waals surface area contributed by atoms with Crippen molar-refractivity contribution < 1.29 is 16.8 Å². The van der Waals surface area contributed by atoms with Gasteiger partial charge in [0.1, 0.15) is 0 Å². The van der Waals surface area contributed by atoms with Gasteiger partial charge >= 0.3 is 0 Å². The number of sulfone groups is 2. The molecule has 43 heavy (non-hydrogen) atoms. The van der Waals surface area contributed by atoms with E-state index in [4.69, 9.17) is 0 Å². The first kappa shape index (κ1) is 31.3. The standard InChI is InChI=1S/C30H33N7O4S2/c1-5-42(38,39)26-16-12-23(13-17-26)21(3)34-36-28-20-29(33-30(32-28)31-25-10-8-7-9-11-25)37-35-22(4)24-14-18-27(19-15-24)43(40,41)6-2/h7-20H,5-6H2,1-4H3,(H3,31,32,33,36,37)/b34-21-,35-22-. The minimum atomic E-state index is -3.29. The summed E-state index contributed by atoms with van der Waals surface area (Å²) >= 11 is 0. The number of nitrogens with zero attached hydrogens (tertiary/aromatic N) is 4. The number of nitrogens with one attached hydrogen (secondary N) is 3. The molecule has 0 atom stereocenters. The fourth-order valence-corrected chi connectivity index (χ4v) is 5.59. The van der Waals surface area contributed by atoms with Crippen LogP contribution < -0.4 is 16.2 Å². The van der Waals surface area contributed by atoms with Crippen molar-refractivity contribution in [3.63, 3.8) is 0 Å². The fourth-order valence-electron chi connectivity index (χ4n) is 3.82. The molecule has 0 unspecified atom stereocenters. The summed E-state index contributed by atoms with van der Waals surface area (Å²) in [7, 11) is -6.58. The predicted octanol–water partition coefficient (Wildman–Crippen LogP) is 5.48. The maximum absolute atomic E-state index is 12.1. The average Bonchev–Trinajstić information content (AvgIpc) is 3.03. The molecule has 3 N–H and O–H groups in total. The molecule has 4 aromatic rings. The SMILES string of the molecule is CCS(=O)(=O)c1ccc(/C(C)=N\Nc2cc(N/N=C(/C)c3ccc(S(=O)(=O)CC)cc3)nc(Nc3ccccc3)n2)cc1. The minimum Gasteiger partial charge on any atom is -0.324 e. The highest BCUT2D eigenvalue weighted by atomic mass is 32.2. The largest absolute Gasteiger partial charge is 0.324 e. The number of aromatic nitrogens is 2. The molecule has 0 radical (unpaired) electrons. The molecule has 11 nitrogen and oxygen atoms in total. The first-order valence-corrected chi connectivity index (χ1v) is 16.8. The third-order valence-electron chi connectivity index (χ3n) is 6.45. The highest BCUT2D eigenvalue weighted by Gasteiger charge is 2.13. The lowest BCUT2D eigenvalue weighted by molar-refractivity contribution is 0.595. The van der Waals surface area contributed by atoms with Gasteiger partial charge in [-0.1, -0.05) is 56.3 Å². The summed E-state index contributed by atoms with van der Waals surface area (Å²) < 4.78 is 48.5. The van der Waals surface area contributed by atoms with Crippen LogP contribution in [0.1, 0.15) is 38.8 Å². The molecule has 3 aromatic carbocycles. The Kier molecular flexibility index (Phi) is 9.88. The van der Waals surface area contributed by atoms with Gasteiger partial charge in [-0.3, -0.25) is 10.9 Å². The van der Waals surface area contributed by atoms with Crippen molar-refractivity contribution in [1.82, 2.24) is 9.97 Å². The van der Waals surface area contributed by atoms with Gasteiger partial charge in [0.25, 0.3) is 0 Å². The summed E-state index contributed by atoms with van der Waals surface area (Å²) in [6.07, 6.45) is 0. The molecule has 0 saturated carbocycles. The Morgan fingerprint density at radius 1 is 0.651 bits per heavy atom. The van der Waals surface area contributed by atoms with Gasteiger partial charge < -0.3 is 5.32 Å². The first-order chi connectivity index (χ1) is 20.5. The van der Waals surface area contributed by atoms with E-state index in [0.29, 0.717) is 29.0 Å². The number of hydrazone groups is 2. The Balaban J connectivity index is 1.57. The second-order valence-corrected chi connectivity index (χ2v) is 14.0. The lowest BCUT2D eigenvalue weighted by Crippen LogP contribution is -2.07. The maximum atomic E-state index is 12.1. The number of anilines is 4. The Labute approximate surface area is 252 Å². The molecule has 1 heterocycles. The molecule has 0 spiro atoms. The van der Waals surface area contributed by atoms with E-state index in [1.807, 2.05) is 30.3 Å². The Morgan fingerprint density at radius 3 is 1.47 bits per heavy atom. The zero-order chi connectivity index (χ0) is 31.0. The Hall–Kier alpha value is -4.62. The van der Waals surface area contributed by atoms with E-state index in [0.717, 1.165) is 16.8 Å². The van der Waals surface area contributed by atoms with Crippen LogP contribution in [0.3, 0.4) is 0 Å². The molecule has 0 amide bonds. The van der Waals surface area contributed by atoms with Crippen molar-refractivity contribution in [2.24, 2.45) is 10.2 Å². The Bertz CT molecular complexity index is 1730. The molecule has 0 bridgehead atoms. The van der Waals surface area contributed by atoms with Crippen LogP contribution in [0.2, 0.25) is 0 Å². The van der Waals surface area contributed by atoms with E-state index in [-0.39, 0.29) is 21.3 Å². The quantitative estimate of drug-likeness (QED) is 0.138. The fraction of sp³-hybridized carbons (Fsp3) is 0.200. The second-order valence-electron chi connectivity index (χ2n) is 9.43. The molecule has 0 aliphatic heterocycles. The zero-order valence-electron chi connectivity index (χ0n) is 24.2. The van der Waals surface area contributed by atoms with E-state index in [1.54, 1.807) is 82.3 Å². The Morgan fingerprint density at radius 2 is 1.07 bits per heavy atom. The van der Waals surface area contributed by atoms with Crippen LogP contribution >= 0.6 is 0 Å². The molecule has 224 valence electrons. The van der Waals surface area contributed by atoms with Gasteiger partial charge in [0.15, 0.2) is 31.3 Å². The van der Waals surface area contributed by atoms with Gasteiger partial charge in [-0.15, -0.1) is 0 Å². The smallest absolute Gasteiger partial charge is 0.231 e. The van der Waals surface area contributed by atoms with Gasteiger partial charge in [-0.25, -0.2) is 16.8 Å². The molecule has 13 heteroatoms. The molecular weight excluding hydrogens is 587 g/mol. The van der Waals surface area contributed by atoms with Crippen LogP contribution in [-0.4, -0.2) is 49.7 Å². The van der Waals surface area contributed by atoms with E-state index >= 15 is 0 Å². The normalized spacial score (nSPS) is 12.6. The summed E-state index contributed by atoms with van der Waals surface area (Å²) in [6.45, 7) is 6.81. The zero-order valence-corrected chi connectivity index (χ0v) is 25.9. The van der Waals surface area contributed by atoms with Crippen molar-refractivity contribution in [2.75, 3.05) is 27.7 Å². The third kappa shape index (κ3) is 8.23. The number of hydrogen-bond acceptors (Lipinski definition) is 11. The van der Waals surface area contributed by atoms with Crippen molar-refractivity contribution >= 4 is 54.4 Å². The van der Waals surface area contributed by atoms with Crippen molar-refractivity contribution in [3.05, 3.63) is 96.1 Å². The second kappa shape index (κ2) is 13.6. The van der Waals surface area contributed by atoms with Crippen LogP contribution in [0.25, 0.3) is 0 Å². The number of rotatable bonds is 12.